The molecule has 0 spiro atoms. The smallest absolute Gasteiger partial charge is 0.325 e. The number of urea groups is 1. The number of fused-ring (bicyclic) bond motifs is 1. The number of nitrogens with one attached hydrogen (secondary N) is 3. The predicted octanol–water partition coefficient (Wildman–Crippen LogP) is 3.64. The molecular weight excluding hydrogens is 374 g/mol. The van der Waals surface area contributed by atoms with E-state index in [1.54, 1.807) is 24.3 Å². The fraction of sp³-hybridized carbons (Fsp3) is 0.200. The van der Waals surface area contributed by atoms with Crippen molar-refractivity contribution >= 4 is 46.1 Å². The molecule has 0 unspecified atom stereocenters. The molecule has 1 heterocycles. The van der Waals surface area contributed by atoms with Crippen molar-refractivity contribution in [3.63, 3.8) is 0 Å². The van der Waals surface area contributed by atoms with Gasteiger partial charge in [-0.25, -0.2) is 14.8 Å². The van der Waals surface area contributed by atoms with E-state index in [0.717, 1.165) is 29.6 Å². The number of rotatable bonds is 6. The van der Waals surface area contributed by atoms with Crippen LogP contribution in [0, 0.1) is 0 Å². The average Bonchev–Trinajstić information content (AvgIpc) is 3.51. The van der Waals surface area contributed by atoms with Crippen LogP contribution in [-0.2, 0) is 4.79 Å². The Hall–Kier alpha value is -3.13. The van der Waals surface area contributed by atoms with E-state index >= 15 is 0 Å². The van der Waals surface area contributed by atoms with Gasteiger partial charge < -0.3 is 10.6 Å². The zero-order valence-corrected chi connectivity index (χ0v) is 15.8. The van der Waals surface area contributed by atoms with Crippen LogP contribution in [-0.4, -0.2) is 33.7 Å². The standard InChI is InChI=1S/C20H19N5O2S/c26-17(24-19(27)22-13-6-2-1-3-7-13)12-28-20-23-16-9-5-4-8-15(16)18(25-20)21-14-10-11-14/h1-9,14H,10-12H2,(H,21,23,25)(H2,22,24,26,27). The molecule has 1 aliphatic rings. The van der Waals surface area contributed by atoms with Crippen molar-refractivity contribution < 1.29 is 9.59 Å². The van der Waals surface area contributed by atoms with Gasteiger partial charge in [-0.2, -0.15) is 0 Å². The number of hydrogen-bond acceptors (Lipinski definition) is 6. The minimum atomic E-state index is -0.563. The molecule has 0 atom stereocenters. The average molecular weight is 393 g/mol. The predicted molar refractivity (Wildman–Crippen MR) is 111 cm³/mol. The van der Waals surface area contributed by atoms with E-state index in [1.165, 1.54) is 11.8 Å². The normalized spacial score (nSPS) is 13.1. The van der Waals surface area contributed by atoms with Crippen molar-refractivity contribution in [3.8, 4) is 0 Å². The maximum atomic E-state index is 12.1. The van der Waals surface area contributed by atoms with Gasteiger partial charge >= 0.3 is 6.03 Å². The van der Waals surface area contributed by atoms with Crippen LogP contribution in [0.15, 0.2) is 59.8 Å². The van der Waals surface area contributed by atoms with Crippen LogP contribution >= 0.6 is 11.8 Å². The van der Waals surface area contributed by atoms with Crippen LogP contribution in [0.4, 0.5) is 16.3 Å². The summed E-state index contributed by atoms with van der Waals surface area (Å²) in [6, 6.07) is 16.6. The van der Waals surface area contributed by atoms with Crippen LogP contribution in [0.2, 0.25) is 0 Å². The molecule has 4 rings (SSSR count). The van der Waals surface area contributed by atoms with Crippen molar-refractivity contribution in [2.75, 3.05) is 16.4 Å². The lowest BCUT2D eigenvalue weighted by Gasteiger charge is -2.10. The number of benzene rings is 2. The molecule has 1 saturated carbocycles. The second-order valence-electron chi connectivity index (χ2n) is 6.45. The fourth-order valence-electron chi connectivity index (χ4n) is 2.63. The number of aromatic nitrogens is 2. The summed E-state index contributed by atoms with van der Waals surface area (Å²) in [6.45, 7) is 0. The highest BCUT2D eigenvalue weighted by atomic mass is 32.2. The zero-order chi connectivity index (χ0) is 19.3. The fourth-order valence-corrected chi connectivity index (χ4v) is 3.28. The molecule has 1 aliphatic carbocycles. The molecule has 8 heteroatoms. The first-order chi connectivity index (χ1) is 13.7. The quantitative estimate of drug-likeness (QED) is 0.437. The minimum Gasteiger partial charge on any atom is -0.367 e. The molecule has 2 aromatic carbocycles. The second-order valence-corrected chi connectivity index (χ2v) is 7.39. The first kappa shape index (κ1) is 18.2. The van der Waals surface area contributed by atoms with Crippen LogP contribution < -0.4 is 16.0 Å². The highest BCUT2D eigenvalue weighted by Gasteiger charge is 2.23. The lowest BCUT2D eigenvalue weighted by molar-refractivity contribution is -0.117. The molecule has 3 aromatic rings. The minimum absolute atomic E-state index is 0.0451. The Morgan fingerprint density at radius 2 is 1.75 bits per heavy atom. The van der Waals surface area contributed by atoms with Gasteiger partial charge in [-0.1, -0.05) is 42.1 Å². The number of para-hydroxylation sites is 2. The maximum Gasteiger partial charge on any atom is 0.325 e. The molecule has 28 heavy (non-hydrogen) atoms. The Morgan fingerprint density at radius 1 is 1.00 bits per heavy atom. The third-order valence-electron chi connectivity index (χ3n) is 4.12. The number of imide groups is 1. The summed E-state index contributed by atoms with van der Waals surface area (Å²) in [5.74, 6) is 0.424. The van der Waals surface area contributed by atoms with E-state index in [-0.39, 0.29) is 5.75 Å². The van der Waals surface area contributed by atoms with E-state index in [1.807, 2.05) is 30.3 Å². The highest BCUT2D eigenvalue weighted by Crippen LogP contribution is 2.29. The van der Waals surface area contributed by atoms with Crippen LogP contribution in [0.1, 0.15) is 12.8 Å². The molecule has 1 aromatic heterocycles. The van der Waals surface area contributed by atoms with Crippen molar-refractivity contribution in [2.45, 2.75) is 24.0 Å². The number of nitrogens with zero attached hydrogens (tertiary/aromatic N) is 2. The summed E-state index contributed by atoms with van der Waals surface area (Å²) in [6.07, 6.45) is 2.28. The topological polar surface area (TPSA) is 96.0 Å². The third-order valence-corrected chi connectivity index (χ3v) is 4.97. The number of hydrogen-bond donors (Lipinski definition) is 3. The Labute approximate surface area is 166 Å². The molecule has 0 radical (unpaired) electrons. The van der Waals surface area contributed by atoms with Crippen molar-refractivity contribution in [3.05, 3.63) is 54.6 Å². The van der Waals surface area contributed by atoms with E-state index < -0.39 is 11.9 Å². The second kappa shape index (κ2) is 8.26. The van der Waals surface area contributed by atoms with E-state index in [0.29, 0.717) is 16.9 Å². The van der Waals surface area contributed by atoms with Crippen LogP contribution in [0.25, 0.3) is 10.9 Å². The lowest BCUT2D eigenvalue weighted by atomic mass is 10.2. The summed E-state index contributed by atoms with van der Waals surface area (Å²) < 4.78 is 0. The monoisotopic (exact) mass is 393 g/mol. The molecule has 3 N–H and O–H groups in total. The molecule has 142 valence electrons. The van der Waals surface area contributed by atoms with Gasteiger partial charge in [0, 0.05) is 17.1 Å². The lowest BCUT2D eigenvalue weighted by Crippen LogP contribution is -2.35. The summed E-state index contributed by atoms with van der Waals surface area (Å²) in [7, 11) is 0. The van der Waals surface area contributed by atoms with E-state index in [2.05, 4.69) is 25.9 Å². The highest BCUT2D eigenvalue weighted by molar-refractivity contribution is 7.99. The van der Waals surface area contributed by atoms with Gasteiger partial charge in [0.1, 0.15) is 5.82 Å². The Morgan fingerprint density at radius 3 is 2.54 bits per heavy atom. The van der Waals surface area contributed by atoms with Crippen LogP contribution in [0.5, 0.6) is 0 Å². The Kier molecular flexibility index (Phi) is 5.38. The SMILES string of the molecule is O=C(CSc1nc(NC2CC2)c2ccccc2n1)NC(=O)Nc1ccccc1. The van der Waals surface area contributed by atoms with Gasteiger partial charge in [0.2, 0.25) is 5.91 Å². The summed E-state index contributed by atoms with van der Waals surface area (Å²) >= 11 is 1.20. The van der Waals surface area contributed by atoms with Gasteiger partial charge in [0.25, 0.3) is 0 Å². The number of carbonyl (C=O) groups is 2. The van der Waals surface area contributed by atoms with Gasteiger partial charge in [0.15, 0.2) is 5.16 Å². The molecular formula is C20H19N5O2S. The summed E-state index contributed by atoms with van der Waals surface area (Å²) in [5, 5.41) is 9.80. The number of carbonyl (C=O) groups excluding carboxylic acids is 2. The molecule has 0 aliphatic heterocycles. The first-order valence-corrected chi connectivity index (χ1v) is 9.98. The van der Waals surface area contributed by atoms with Crippen molar-refractivity contribution in [2.24, 2.45) is 0 Å². The largest absolute Gasteiger partial charge is 0.367 e. The van der Waals surface area contributed by atoms with Gasteiger partial charge in [-0.3, -0.25) is 10.1 Å². The van der Waals surface area contributed by atoms with Gasteiger partial charge in [-0.05, 0) is 37.1 Å². The Balaban J connectivity index is 1.38. The molecule has 0 bridgehead atoms. The molecule has 0 saturated heterocycles. The van der Waals surface area contributed by atoms with Crippen molar-refractivity contribution in [1.29, 1.82) is 0 Å². The third kappa shape index (κ3) is 4.77. The van der Waals surface area contributed by atoms with Crippen LogP contribution in [0.3, 0.4) is 0 Å². The number of thioether (sulfide) groups is 1. The molecule has 3 amide bonds. The maximum absolute atomic E-state index is 12.1. The number of amides is 3. The zero-order valence-electron chi connectivity index (χ0n) is 15.0. The first-order valence-electron chi connectivity index (χ1n) is 8.99. The Bertz CT molecular complexity index is 1010. The molecule has 1 fully saturated rings. The van der Waals surface area contributed by atoms with E-state index in [9.17, 15) is 9.59 Å². The van der Waals surface area contributed by atoms with Gasteiger partial charge in [-0.15, -0.1) is 0 Å². The summed E-state index contributed by atoms with van der Waals surface area (Å²) in [5.41, 5.74) is 1.44. The number of anilines is 2. The van der Waals surface area contributed by atoms with Gasteiger partial charge in [0.05, 0.1) is 11.3 Å². The van der Waals surface area contributed by atoms with E-state index in [4.69, 9.17) is 0 Å². The summed E-state index contributed by atoms with van der Waals surface area (Å²) in [4.78, 5) is 33.1. The van der Waals surface area contributed by atoms with Crippen molar-refractivity contribution in [1.82, 2.24) is 15.3 Å². The molecule has 7 nitrogen and oxygen atoms in total.